The molecule has 1 N–H and O–H groups in total. The second-order valence-corrected chi connectivity index (χ2v) is 8.18. The van der Waals surface area contributed by atoms with E-state index in [2.05, 4.69) is 42.8 Å². The number of carbonyl (C=O) groups excluding carboxylic acids is 1. The van der Waals surface area contributed by atoms with Crippen LogP contribution in [0.15, 0.2) is 12.1 Å². The quantitative estimate of drug-likeness (QED) is 0.902. The van der Waals surface area contributed by atoms with Gasteiger partial charge in [0.2, 0.25) is 0 Å². The van der Waals surface area contributed by atoms with E-state index in [0.717, 1.165) is 56.0 Å². The van der Waals surface area contributed by atoms with Crippen LogP contribution in [-0.2, 0) is 4.74 Å². The summed E-state index contributed by atoms with van der Waals surface area (Å²) in [6.07, 6.45) is 3.58. The zero-order chi connectivity index (χ0) is 19.0. The van der Waals surface area contributed by atoms with Crippen molar-refractivity contribution in [2.75, 3.05) is 39.3 Å². The molecule has 27 heavy (non-hydrogen) atoms. The smallest absolute Gasteiger partial charge is 0.270 e. The van der Waals surface area contributed by atoms with E-state index >= 15 is 0 Å². The number of rotatable bonds is 3. The Labute approximate surface area is 161 Å². The van der Waals surface area contributed by atoms with Crippen LogP contribution in [-0.4, -0.2) is 66.1 Å². The summed E-state index contributed by atoms with van der Waals surface area (Å²) in [5.74, 6) is 0.111. The van der Waals surface area contributed by atoms with E-state index in [0.29, 0.717) is 6.54 Å². The van der Waals surface area contributed by atoms with E-state index in [1.807, 2.05) is 4.90 Å². The molecule has 1 amide bonds. The molecule has 0 unspecified atom stereocenters. The van der Waals surface area contributed by atoms with Crippen LogP contribution in [0.4, 0.5) is 0 Å². The Morgan fingerprint density at radius 3 is 2.59 bits per heavy atom. The fraction of sp³-hybridized carbons (Fsp3) is 0.591. The first kappa shape index (κ1) is 18.5. The van der Waals surface area contributed by atoms with E-state index in [9.17, 15) is 4.79 Å². The number of hydrogen-bond acceptors (Lipinski definition) is 3. The predicted molar refractivity (Wildman–Crippen MR) is 108 cm³/mol. The zero-order valence-electron chi connectivity index (χ0n) is 16.8. The van der Waals surface area contributed by atoms with Gasteiger partial charge in [0.1, 0.15) is 5.69 Å². The molecule has 2 saturated heterocycles. The number of nitrogens with zero attached hydrogens (tertiary/aromatic N) is 2. The molecular weight excluding hydrogens is 338 g/mol. The van der Waals surface area contributed by atoms with Crippen LogP contribution in [0.3, 0.4) is 0 Å². The monoisotopic (exact) mass is 369 g/mol. The molecule has 1 aromatic carbocycles. The molecule has 5 heteroatoms. The summed E-state index contributed by atoms with van der Waals surface area (Å²) < 4.78 is 6.06. The largest absolute Gasteiger partial charge is 0.375 e. The number of fused-ring (bicyclic) bond motifs is 1. The Balaban J connectivity index is 1.57. The van der Waals surface area contributed by atoms with Gasteiger partial charge in [-0.05, 0) is 69.8 Å². The lowest BCUT2D eigenvalue weighted by Gasteiger charge is -2.27. The molecule has 2 aliphatic heterocycles. The van der Waals surface area contributed by atoms with E-state index in [1.54, 1.807) is 0 Å². The lowest BCUT2D eigenvalue weighted by molar-refractivity contribution is 0.0296. The molecule has 1 atom stereocenters. The van der Waals surface area contributed by atoms with Gasteiger partial charge in [-0.3, -0.25) is 4.79 Å². The lowest BCUT2D eigenvalue weighted by Crippen LogP contribution is -2.42. The van der Waals surface area contributed by atoms with Gasteiger partial charge in [0.15, 0.2) is 0 Å². The zero-order valence-corrected chi connectivity index (χ0v) is 16.8. The Bertz CT molecular complexity index is 836. The number of hydrogen-bond donors (Lipinski definition) is 1. The third kappa shape index (κ3) is 3.63. The Morgan fingerprint density at radius 2 is 1.85 bits per heavy atom. The maximum atomic E-state index is 13.4. The lowest BCUT2D eigenvalue weighted by atomic mass is 10.0. The van der Waals surface area contributed by atoms with Crippen molar-refractivity contribution < 1.29 is 9.53 Å². The molecule has 0 spiro atoms. The Hall–Kier alpha value is -1.85. The first-order valence-electron chi connectivity index (χ1n) is 10.3. The number of benzene rings is 1. The SMILES string of the molecule is Cc1ccc(C)c2c(C)c(C(=O)N3CCCO[C@H](CN4CCCC4)C3)[nH]c12. The topological polar surface area (TPSA) is 48.6 Å². The molecule has 2 aliphatic rings. The standard InChI is InChI=1S/C22H31N3O2/c1-15-7-8-16(2)20-19(15)17(3)21(23-20)22(26)25-11-6-12-27-18(14-25)13-24-9-4-5-10-24/h7-8,18,23H,4-6,9-14H2,1-3H3/t18-/m1/s1. The van der Waals surface area contributed by atoms with Gasteiger partial charge in [-0.25, -0.2) is 0 Å². The molecule has 146 valence electrons. The van der Waals surface area contributed by atoms with Gasteiger partial charge in [-0.1, -0.05) is 12.1 Å². The molecule has 0 aliphatic carbocycles. The number of aromatic nitrogens is 1. The average molecular weight is 370 g/mol. The summed E-state index contributed by atoms with van der Waals surface area (Å²) in [5, 5.41) is 1.19. The summed E-state index contributed by atoms with van der Waals surface area (Å²) in [6.45, 7) is 11.7. The molecule has 0 radical (unpaired) electrons. The summed E-state index contributed by atoms with van der Waals surface area (Å²) in [5.41, 5.74) is 5.30. The highest BCUT2D eigenvalue weighted by molar-refractivity contribution is 6.02. The van der Waals surface area contributed by atoms with Crippen molar-refractivity contribution in [3.63, 3.8) is 0 Å². The second kappa shape index (κ2) is 7.64. The highest BCUT2D eigenvalue weighted by atomic mass is 16.5. The molecule has 4 rings (SSSR count). The van der Waals surface area contributed by atoms with Crippen molar-refractivity contribution in [3.8, 4) is 0 Å². The van der Waals surface area contributed by atoms with Crippen LogP contribution >= 0.6 is 0 Å². The minimum absolute atomic E-state index is 0.111. The predicted octanol–water partition coefficient (Wildman–Crippen LogP) is 3.42. The molecule has 5 nitrogen and oxygen atoms in total. The number of aryl methyl sites for hydroxylation is 3. The molecule has 2 aromatic rings. The summed E-state index contributed by atoms with van der Waals surface area (Å²) in [7, 11) is 0. The van der Waals surface area contributed by atoms with Crippen LogP contribution in [0.1, 0.15) is 46.4 Å². The maximum absolute atomic E-state index is 13.4. The fourth-order valence-electron chi connectivity index (χ4n) is 4.61. The number of carbonyl (C=O) groups is 1. The van der Waals surface area contributed by atoms with Crippen molar-refractivity contribution in [3.05, 3.63) is 34.5 Å². The van der Waals surface area contributed by atoms with E-state index in [-0.39, 0.29) is 12.0 Å². The van der Waals surface area contributed by atoms with Gasteiger partial charge >= 0.3 is 0 Å². The van der Waals surface area contributed by atoms with Crippen LogP contribution in [0.5, 0.6) is 0 Å². The third-order valence-corrected chi connectivity index (χ3v) is 6.13. The van der Waals surface area contributed by atoms with E-state index in [1.165, 1.54) is 29.4 Å². The first-order valence-corrected chi connectivity index (χ1v) is 10.3. The molecule has 1 aromatic heterocycles. The molecule has 0 bridgehead atoms. The number of nitrogens with one attached hydrogen (secondary N) is 1. The Morgan fingerprint density at radius 1 is 1.11 bits per heavy atom. The normalized spacial score (nSPS) is 21.7. The van der Waals surface area contributed by atoms with Crippen LogP contribution in [0, 0.1) is 20.8 Å². The highest BCUT2D eigenvalue weighted by Crippen LogP contribution is 2.28. The van der Waals surface area contributed by atoms with E-state index < -0.39 is 0 Å². The number of H-pyrrole nitrogens is 1. The summed E-state index contributed by atoms with van der Waals surface area (Å²) >= 11 is 0. The minimum atomic E-state index is 0.111. The van der Waals surface area contributed by atoms with Crippen molar-refractivity contribution in [1.29, 1.82) is 0 Å². The van der Waals surface area contributed by atoms with Crippen molar-refractivity contribution in [1.82, 2.24) is 14.8 Å². The second-order valence-electron chi connectivity index (χ2n) is 8.18. The minimum Gasteiger partial charge on any atom is -0.375 e. The van der Waals surface area contributed by atoms with Gasteiger partial charge in [0.25, 0.3) is 5.91 Å². The number of amides is 1. The number of aromatic amines is 1. The molecular formula is C22H31N3O2. The van der Waals surface area contributed by atoms with Gasteiger partial charge in [0, 0.05) is 37.1 Å². The van der Waals surface area contributed by atoms with Crippen molar-refractivity contribution >= 4 is 16.8 Å². The van der Waals surface area contributed by atoms with Crippen molar-refractivity contribution in [2.24, 2.45) is 0 Å². The fourth-order valence-corrected chi connectivity index (χ4v) is 4.61. The van der Waals surface area contributed by atoms with Gasteiger partial charge in [0.05, 0.1) is 6.10 Å². The first-order chi connectivity index (χ1) is 13.0. The van der Waals surface area contributed by atoms with Crippen LogP contribution in [0.25, 0.3) is 10.9 Å². The van der Waals surface area contributed by atoms with Gasteiger partial charge in [-0.2, -0.15) is 0 Å². The molecule has 2 fully saturated rings. The maximum Gasteiger partial charge on any atom is 0.270 e. The van der Waals surface area contributed by atoms with Gasteiger partial charge < -0.3 is 19.5 Å². The average Bonchev–Trinajstić information content (AvgIpc) is 3.21. The van der Waals surface area contributed by atoms with Crippen LogP contribution < -0.4 is 0 Å². The van der Waals surface area contributed by atoms with Crippen molar-refractivity contribution in [2.45, 2.75) is 46.1 Å². The van der Waals surface area contributed by atoms with Gasteiger partial charge in [-0.15, -0.1) is 0 Å². The molecule has 3 heterocycles. The number of ether oxygens (including phenoxy) is 1. The van der Waals surface area contributed by atoms with E-state index in [4.69, 9.17) is 4.74 Å². The summed E-state index contributed by atoms with van der Waals surface area (Å²) in [4.78, 5) is 21.3. The highest BCUT2D eigenvalue weighted by Gasteiger charge is 2.28. The third-order valence-electron chi connectivity index (χ3n) is 6.13. The van der Waals surface area contributed by atoms with Crippen LogP contribution in [0.2, 0.25) is 0 Å². The number of likely N-dealkylation sites (tertiary alicyclic amines) is 1. The molecule has 0 saturated carbocycles. The summed E-state index contributed by atoms with van der Waals surface area (Å²) in [6, 6.07) is 4.26. The Kier molecular flexibility index (Phi) is 5.24.